The Labute approximate surface area is 171 Å². The highest BCUT2D eigenvalue weighted by molar-refractivity contribution is 5.93. The number of nitro benzene ring substituents is 1. The Hall–Kier alpha value is -3.92. The van der Waals surface area contributed by atoms with E-state index in [1.54, 1.807) is 18.5 Å². The Balaban J connectivity index is 1.46. The van der Waals surface area contributed by atoms with Crippen LogP contribution in [0.2, 0.25) is 0 Å². The van der Waals surface area contributed by atoms with Gasteiger partial charge in [-0.2, -0.15) is 0 Å². The third-order valence-corrected chi connectivity index (χ3v) is 4.56. The Kier molecular flexibility index (Phi) is 5.85. The smallest absolute Gasteiger partial charge is 0.300 e. The van der Waals surface area contributed by atoms with Gasteiger partial charge >= 0.3 is 5.69 Å². The molecular weight excluding hydrogens is 386 g/mol. The molecule has 10 nitrogen and oxygen atoms in total. The van der Waals surface area contributed by atoms with Crippen LogP contribution in [-0.2, 0) is 13.1 Å². The molecule has 152 valence electrons. The molecule has 0 saturated heterocycles. The highest BCUT2D eigenvalue weighted by Crippen LogP contribution is 2.28. The zero-order valence-electron chi connectivity index (χ0n) is 16.0. The van der Waals surface area contributed by atoms with E-state index < -0.39 is 4.92 Å². The molecule has 0 amide bonds. The summed E-state index contributed by atoms with van der Waals surface area (Å²) >= 11 is 0. The number of nitro groups is 1. The number of benzene rings is 1. The van der Waals surface area contributed by atoms with Gasteiger partial charge in [0.15, 0.2) is 5.52 Å². The van der Waals surface area contributed by atoms with Crippen LogP contribution in [0.1, 0.15) is 11.4 Å². The number of anilines is 1. The summed E-state index contributed by atoms with van der Waals surface area (Å²) in [7, 11) is 0. The molecule has 1 N–H and O–H groups in total. The third-order valence-electron chi connectivity index (χ3n) is 4.56. The van der Waals surface area contributed by atoms with Gasteiger partial charge in [-0.1, -0.05) is 12.1 Å². The van der Waals surface area contributed by atoms with Crippen molar-refractivity contribution < 1.29 is 9.55 Å². The number of hydrogen-bond donors (Lipinski definition) is 1. The highest BCUT2D eigenvalue weighted by Gasteiger charge is 2.19. The molecule has 0 aliphatic rings. The molecule has 0 atom stereocenters. The highest BCUT2D eigenvalue weighted by atomic mass is 16.6. The fraction of sp³-hybridized carbons (Fsp3) is 0.200. The van der Waals surface area contributed by atoms with Gasteiger partial charge in [-0.3, -0.25) is 25.0 Å². The first-order chi connectivity index (χ1) is 14.7. The average molecular weight is 405 g/mol. The summed E-state index contributed by atoms with van der Waals surface area (Å²) in [5, 5.41) is 21.9. The van der Waals surface area contributed by atoms with E-state index in [0.717, 1.165) is 11.4 Å². The molecule has 0 unspecified atom stereocenters. The standard InChI is InChI=1S/C20H19N7O3/c28-27(29)18-8-7-17(19-20(18)25-30-24-19)23-11-12-26(13-15-5-1-3-9-21-15)14-16-6-2-4-10-22-16/h1-10,23H,11-14H2. The Morgan fingerprint density at radius 2 is 1.60 bits per heavy atom. The van der Waals surface area contributed by atoms with Crippen molar-refractivity contribution in [3.8, 4) is 0 Å². The number of non-ortho nitro benzene ring substituents is 1. The van der Waals surface area contributed by atoms with Gasteiger partial charge in [0.2, 0.25) is 5.52 Å². The quantitative estimate of drug-likeness (QED) is 0.330. The van der Waals surface area contributed by atoms with E-state index in [0.29, 0.717) is 37.4 Å². The van der Waals surface area contributed by atoms with Crippen molar-refractivity contribution in [2.75, 3.05) is 18.4 Å². The number of aromatic nitrogens is 4. The molecule has 4 aromatic rings. The maximum atomic E-state index is 11.1. The number of hydrogen-bond acceptors (Lipinski definition) is 9. The number of rotatable bonds is 9. The monoisotopic (exact) mass is 405 g/mol. The summed E-state index contributed by atoms with van der Waals surface area (Å²) in [5.41, 5.74) is 2.89. The summed E-state index contributed by atoms with van der Waals surface area (Å²) in [4.78, 5) is 21.7. The summed E-state index contributed by atoms with van der Waals surface area (Å²) in [6.45, 7) is 2.61. The predicted octanol–water partition coefficient (Wildman–Crippen LogP) is 3.04. The molecule has 0 saturated carbocycles. The van der Waals surface area contributed by atoms with E-state index in [9.17, 15) is 10.1 Å². The molecular formula is C20H19N7O3. The van der Waals surface area contributed by atoms with Crippen molar-refractivity contribution in [1.82, 2.24) is 25.2 Å². The topological polar surface area (TPSA) is 123 Å². The Bertz CT molecular complexity index is 1080. The van der Waals surface area contributed by atoms with Crippen LogP contribution in [0.5, 0.6) is 0 Å². The van der Waals surface area contributed by atoms with E-state index in [2.05, 4.69) is 30.5 Å². The predicted molar refractivity (Wildman–Crippen MR) is 110 cm³/mol. The lowest BCUT2D eigenvalue weighted by molar-refractivity contribution is -0.383. The second kappa shape index (κ2) is 9.05. The summed E-state index contributed by atoms with van der Waals surface area (Å²) in [6, 6.07) is 14.7. The Morgan fingerprint density at radius 1 is 0.933 bits per heavy atom. The molecule has 3 aromatic heterocycles. The normalized spacial score (nSPS) is 11.1. The van der Waals surface area contributed by atoms with E-state index in [1.807, 2.05) is 36.4 Å². The minimum atomic E-state index is -0.502. The molecule has 0 radical (unpaired) electrons. The van der Waals surface area contributed by atoms with Gasteiger partial charge in [0, 0.05) is 44.6 Å². The van der Waals surface area contributed by atoms with Crippen molar-refractivity contribution in [2.24, 2.45) is 0 Å². The molecule has 0 spiro atoms. The van der Waals surface area contributed by atoms with Gasteiger partial charge in [-0.25, -0.2) is 4.63 Å². The first-order valence-electron chi connectivity index (χ1n) is 9.36. The second-order valence-corrected chi connectivity index (χ2v) is 6.63. The lowest BCUT2D eigenvalue weighted by atomic mass is 10.2. The molecule has 10 heteroatoms. The number of nitrogens with one attached hydrogen (secondary N) is 1. The van der Waals surface area contributed by atoms with Crippen LogP contribution in [0, 0.1) is 10.1 Å². The van der Waals surface area contributed by atoms with Gasteiger partial charge in [-0.05, 0) is 40.6 Å². The van der Waals surface area contributed by atoms with E-state index in [4.69, 9.17) is 4.63 Å². The number of nitrogens with zero attached hydrogens (tertiary/aromatic N) is 6. The number of pyridine rings is 2. The molecule has 0 fully saturated rings. The van der Waals surface area contributed by atoms with Crippen molar-refractivity contribution >= 4 is 22.4 Å². The minimum Gasteiger partial charge on any atom is -0.382 e. The van der Waals surface area contributed by atoms with Crippen LogP contribution < -0.4 is 5.32 Å². The van der Waals surface area contributed by atoms with Crippen LogP contribution in [0.15, 0.2) is 65.6 Å². The summed E-state index contributed by atoms with van der Waals surface area (Å²) < 4.78 is 4.71. The number of fused-ring (bicyclic) bond motifs is 1. The van der Waals surface area contributed by atoms with Gasteiger partial charge < -0.3 is 5.32 Å². The summed E-state index contributed by atoms with van der Waals surface area (Å²) in [6.07, 6.45) is 3.55. The fourth-order valence-corrected chi connectivity index (χ4v) is 3.15. The first-order valence-corrected chi connectivity index (χ1v) is 9.36. The molecule has 1 aromatic carbocycles. The molecule has 3 heterocycles. The largest absolute Gasteiger partial charge is 0.382 e. The fourth-order valence-electron chi connectivity index (χ4n) is 3.15. The SMILES string of the molecule is O=[N+]([O-])c1ccc(NCCN(Cc2ccccn2)Cc2ccccn2)c2nonc12. The van der Waals surface area contributed by atoms with Crippen molar-refractivity contribution in [2.45, 2.75) is 13.1 Å². The minimum absolute atomic E-state index is 0.129. The molecule has 4 rings (SSSR count). The average Bonchev–Trinajstić information content (AvgIpc) is 3.25. The van der Waals surface area contributed by atoms with Crippen LogP contribution >= 0.6 is 0 Å². The van der Waals surface area contributed by atoms with Gasteiger partial charge in [0.1, 0.15) is 0 Å². The van der Waals surface area contributed by atoms with E-state index in [1.165, 1.54) is 6.07 Å². The molecule has 0 aliphatic heterocycles. The van der Waals surface area contributed by atoms with Crippen LogP contribution in [0.4, 0.5) is 11.4 Å². The van der Waals surface area contributed by atoms with Gasteiger partial charge in [-0.15, -0.1) is 0 Å². The summed E-state index contributed by atoms with van der Waals surface area (Å²) in [5.74, 6) is 0. The molecule has 0 aliphatic carbocycles. The molecule has 0 bridgehead atoms. The van der Waals surface area contributed by atoms with Crippen molar-refractivity contribution in [1.29, 1.82) is 0 Å². The van der Waals surface area contributed by atoms with E-state index >= 15 is 0 Å². The lowest BCUT2D eigenvalue weighted by Gasteiger charge is -2.22. The van der Waals surface area contributed by atoms with Crippen LogP contribution in [0.3, 0.4) is 0 Å². The maximum absolute atomic E-state index is 11.1. The van der Waals surface area contributed by atoms with Crippen molar-refractivity contribution in [3.05, 3.63) is 82.4 Å². The second-order valence-electron chi connectivity index (χ2n) is 6.63. The zero-order valence-corrected chi connectivity index (χ0v) is 16.0. The molecule has 30 heavy (non-hydrogen) atoms. The third kappa shape index (κ3) is 4.55. The lowest BCUT2D eigenvalue weighted by Crippen LogP contribution is -2.29. The zero-order chi connectivity index (χ0) is 20.8. The van der Waals surface area contributed by atoms with Crippen LogP contribution in [-0.4, -0.2) is 43.2 Å². The maximum Gasteiger partial charge on any atom is 0.300 e. The van der Waals surface area contributed by atoms with E-state index in [-0.39, 0.29) is 11.2 Å². The van der Waals surface area contributed by atoms with Gasteiger partial charge in [0.05, 0.1) is 22.0 Å². The van der Waals surface area contributed by atoms with Gasteiger partial charge in [0.25, 0.3) is 0 Å². The first kappa shape index (κ1) is 19.4. The van der Waals surface area contributed by atoms with Crippen LogP contribution in [0.25, 0.3) is 11.0 Å². The van der Waals surface area contributed by atoms with Crippen molar-refractivity contribution in [3.63, 3.8) is 0 Å². The Morgan fingerprint density at radius 3 is 2.20 bits per heavy atom.